The molecule has 1 aromatic rings. The molecule has 0 aliphatic rings. The Morgan fingerprint density at radius 3 is 2.14 bits per heavy atom. The summed E-state index contributed by atoms with van der Waals surface area (Å²) < 4.78 is 0. The van der Waals surface area contributed by atoms with Crippen LogP contribution in [0.2, 0.25) is 0 Å². The molecule has 4 nitrogen and oxygen atoms in total. The van der Waals surface area contributed by atoms with Crippen LogP contribution in [-0.2, 0) is 6.54 Å². The summed E-state index contributed by atoms with van der Waals surface area (Å²) in [7, 11) is 0. The zero-order chi connectivity index (χ0) is 16.5. The lowest BCUT2D eigenvalue weighted by atomic mass is 10.1. The zero-order valence-corrected chi connectivity index (χ0v) is 14.5. The molecule has 0 saturated carbocycles. The second-order valence-electron chi connectivity index (χ2n) is 6.07. The molecular weight excluding hydrogens is 274 g/mol. The Morgan fingerprint density at radius 1 is 1.09 bits per heavy atom. The molecule has 1 rings (SSSR count). The average Bonchev–Trinajstić information content (AvgIpc) is 2.53. The highest BCUT2D eigenvalue weighted by molar-refractivity contribution is 5.94. The van der Waals surface area contributed by atoms with E-state index in [1.807, 2.05) is 29.2 Å². The van der Waals surface area contributed by atoms with Gasteiger partial charge in [-0.3, -0.25) is 4.79 Å². The number of likely N-dealkylation sites (N-methyl/N-ethyl adjacent to an activating group) is 1. The summed E-state index contributed by atoms with van der Waals surface area (Å²) in [6, 6.07) is 7.64. The number of hydrogen-bond donors (Lipinski definition) is 1. The van der Waals surface area contributed by atoms with Gasteiger partial charge < -0.3 is 15.5 Å². The third kappa shape index (κ3) is 5.78. The molecule has 0 fully saturated rings. The number of amides is 1. The Kier molecular flexibility index (Phi) is 8.13. The lowest BCUT2D eigenvalue weighted by Gasteiger charge is -2.28. The standard InChI is InChI=1S/C18H31N3O/c1-5-20(6-2)11-12-21(14-15(3)4)18(22)17-9-7-16(13-19)8-10-17/h7-10,15H,5-6,11-14,19H2,1-4H3. The van der Waals surface area contributed by atoms with Gasteiger partial charge >= 0.3 is 0 Å². The van der Waals surface area contributed by atoms with Crippen LogP contribution in [0.3, 0.4) is 0 Å². The summed E-state index contributed by atoms with van der Waals surface area (Å²) in [5.74, 6) is 0.577. The Hall–Kier alpha value is -1.39. The number of hydrogen-bond acceptors (Lipinski definition) is 3. The van der Waals surface area contributed by atoms with E-state index in [1.165, 1.54) is 0 Å². The molecule has 0 unspecified atom stereocenters. The molecule has 0 atom stereocenters. The van der Waals surface area contributed by atoms with Crippen molar-refractivity contribution >= 4 is 5.91 Å². The summed E-state index contributed by atoms with van der Waals surface area (Å²) in [4.78, 5) is 17.1. The number of nitrogens with two attached hydrogens (primary N) is 1. The average molecular weight is 305 g/mol. The fourth-order valence-electron chi connectivity index (χ4n) is 2.48. The van der Waals surface area contributed by atoms with Crippen LogP contribution in [0.25, 0.3) is 0 Å². The first-order valence-electron chi connectivity index (χ1n) is 8.32. The van der Waals surface area contributed by atoms with Crippen molar-refractivity contribution in [1.29, 1.82) is 0 Å². The van der Waals surface area contributed by atoms with E-state index < -0.39 is 0 Å². The van der Waals surface area contributed by atoms with Crippen molar-refractivity contribution in [1.82, 2.24) is 9.80 Å². The van der Waals surface area contributed by atoms with Crippen molar-refractivity contribution in [2.75, 3.05) is 32.7 Å². The molecule has 0 spiro atoms. The first-order chi connectivity index (χ1) is 10.5. The van der Waals surface area contributed by atoms with Crippen LogP contribution in [-0.4, -0.2) is 48.4 Å². The van der Waals surface area contributed by atoms with Crippen LogP contribution in [0.5, 0.6) is 0 Å². The van der Waals surface area contributed by atoms with Crippen LogP contribution >= 0.6 is 0 Å². The Bertz CT molecular complexity index is 438. The maximum absolute atomic E-state index is 12.7. The number of rotatable bonds is 9. The molecule has 0 aliphatic carbocycles. The molecule has 0 heterocycles. The highest BCUT2D eigenvalue weighted by Gasteiger charge is 2.17. The van der Waals surface area contributed by atoms with Crippen molar-refractivity contribution < 1.29 is 4.79 Å². The van der Waals surface area contributed by atoms with Gasteiger partial charge in [-0.25, -0.2) is 0 Å². The van der Waals surface area contributed by atoms with Crippen LogP contribution in [0, 0.1) is 5.92 Å². The van der Waals surface area contributed by atoms with Gasteiger partial charge in [0.25, 0.3) is 5.91 Å². The van der Waals surface area contributed by atoms with E-state index in [1.54, 1.807) is 0 Å². The number of carbonyl (C=O) groups excluding carboxylic acids is 1. The fraction of sp³-hybridized carbons (Fsp3) is 0.611. The minimum Gasteiger partial charge on any atom is -0.337 e. The van der Waals surface area contributed by atoms with Crippen molar-refractivity contribution in [2.45, 2.75) is 34.2 Å². The zero-order valence-electron chi connectivity index (χ0n) is 14.5. The van der Waals surface area contributed by atoms with E-state index in [-0.39, 0.29) is 5.91 Å². The second-order valence-corrected chi connectivity index (χ2v) is 6.07. The summed E-state index contributed by atoms with van der Waals surface area (Å²) in [5.41, 5.74) is 7.41. The van der Waals surface area contributed by atoms with E-state index in [4.69, 9.17) is 5.73 Å². The number of benzene rings is 1. The smallest absolute Gasteiger partial charge is 0.253 e. The molecule has 0 aliphatic heterocycles. The summed E-state index contributed by atoms with van der Waals surface area (Å²) in [6.07, 6.45) is 0. The maximum Gasteiger partial charge on any atom is 0.253 e. The Labute approximate surface area is 135 Å². The van der Waals surface area contributed by atoms with Crippen molar-refractivity contribution in [3.63, 3.8) is 0 Å². The third-order valence-corrected chi connectivity index (χ3v) is 3.89. The summed E-state index contributed by atoms with van der Waals surface area (Å²) in [6.45, 7) is 13.6. The van der Waals surface area contributed by atoms with Crippen LogP contribution < -0.4 is 5.73 Å². The van der Waals surface area contributed by atoms with Crippen molar-refractivity contribution in [2.24, 2.45) is 11.7 Å². The lowest BCUT2D eigenvalue weighted by Crippen LogP contribution is -2.40. The van der Waals surface area contributed by atoms with Crippen molar-refractivity contribution in [3.8, 4) is 0 Å². The first kappa shape index (κ1) is 18.7. The molecule has 1 aromatic carbocycles. The van der Waals surface area contributed by atoms with Gasteiger partial charge in [0.1, 0.15) is 0 Å². The molecule has 0 radical (unpaired) electrons. The van der Waals surface area contributed by atoms with Gasteiger partial charge in [-0.1, -0.05) is 39.8 Å². The van der Waals surface area contributed by atoms with E-state index in [2.05, 4.69) is 32.6 Å². The second kappa shape index (κ2) is 9.59. The van der Waals surface area contributed by atoms with Gasteiger partial charge in [0.2, 0.25) is 0 Å². The normalized spacial score (nSPS) is 11.2. The van der Waals surface area contributed by atoms with Crippen LogP contribution in [0.1, 0.15) is 43.6 Å². The minimum atomic E-state index is 0.115. The molecule has 4 heteroatoms. The van der Waals surface area contributed by atoms with Crippen molar-refractivity contribution in [3.05, 3.63) is 35.4 Å². The molecule has 124 valence electrons. The van der Waals surface area contributed by atoms with Gasteiger partial charge in [-0.05, 0) is 36.7 Å². The predicted molar refractivity (Wildman–Crippen MR) is 92.9 cm³/mol. The molecule has 0 saturated heterocycles. The van der Waals surface area contributed by atoms with Crippen LogP contribution in [0.4, 0.5) is 0 Å². The molecule has 22 heavy (non-hydrogen) atoms. The topological polar surface area (TPSA) is 49.6 Å². The molecule has 1 amide bonds. The first-order valence-corrected chi connectivity index (χ1v) is 8.32. The number of nitrogens with zero attached hydrogens (tertiary/aromatic N) is 2. The third-order valence-electron chi connectivity index (χ3n) is 3.89. The van der Waals surface area contributed by atoms with Gasteiger partial charge in [0.15, 0.2) is 0 Å². The molecule has 0 bridgehead atoms. The SMILES string of the molecule is CCN(CC)CCN(CC(C)C)C(=O)c1ccc(CN)cc1. The van der Waals surface area contributed by atoms with Gasteiger partial charge in [-0.2, -0.15) is 0 Å². The predicted octanol–water partition coefficient (Wildman–Crippen LogP) is 2.59. The summed E-state index contributed by atoms with van der Waals surface area (Å²) in [5, 5.41) is 0. The van der Waals surface area contributed by atoms with Gasteiger partial charge in [-0.15, -0.1) is 0 Å². The highest BCUT2D eigenvalue weighted by atomic mass is 16.2. The fourth-order valence-corrected chi connectivity index (χ4v) is 2.48. The molecular formula is C18H31N3O. The van der Waals surface area contributed by atoms with Gasteiger partial charge in [0, 0.05) is 31.7 Å². The summed E-state index contributed by atoms with van der Waals surface area (Å²) >= 11 is 0. The van der Waals surface area contributed by atoms with E-state index in [0.717, 1.165) is 43.9 Å². The Morgan fingerprint density at radius 2 is 1.68 bits per heavy atom. The Balaban J connectivity index is 2.78. The van der Waals surface area contributed by atoms with E-state index in [0.29, 0.717) is 12.5 Å². The van der Waals surface area contributed by atoms with Crippen LogP contribution in [0.15, 0.2) is 24.3 Å². The van der Waals surface area contributed by atoms with Gasteiger partial charge in [0.05, 0.1) is 0 Å². The minimum absolute atomic E-state index is 0.115. The largest absolute Gasteiger partial charge is 0.337 e. The van der Waals surface area contributed by atoms with E-state index in [9.17, 15) is 4.79 Å². The monoisotopic (exact) mass is 305 g/mol. The van der Waals surface area contributed by atoms with E-state index >= 15 is 0 Å². The molecule has 0 aromatic heterocycles. The number of carbonyl (C=O) groups is 1. The quantitative estimate of drug-likeness (QED) is 0.763. The maximum atomic E-state index is 12.7. The lowest BCUT2D eigenvalue weighted by molar-refractivity contribution is 0.0716. The highest BCUT2D eigenvalue weighted by Crippen LogP contribution is 2.10. The molecule has 2 N–H and O–H groups in total.